The van der Waals surface area contributed by atoms with Crippen molar-refractivity contribution in [2.24, 2.45) is 5.92 Å². The number of hydrogen-bond acceptors (Lipinski definition) is 6. The highest BCUT2D eigenvalue weighted by molar-refractivity contribution is 7.99. The van der Waals surface area contributed by atoms with E-state index in [1.165, 1.54) is 18.1 Å². The second-order valence-electron chi connectivity index (χ2n) is 5.09. The molecule has 2 rings (SSSR count). The molecule has 0 aromatic carbocycles. The van der Waals surface area contributed by atoms with Gasteiger partial charge in [-0.1, -0.05) is 0 Å². The van der Waals surface area contributed by atoms with E-state index in [9.17, 15) is 9.90 Å². The maximum atomic E-state index is 11.7. The Bertz CT molecular complexity index is 433. The standard InChI is InChI=1S/C14H20N2O3S/c1-2-19-13(17)11-3-6-14(18,7-4-11)9-20-12-5-8-15-10-16-12/h5,8,10-11,18H,2-4,6-7,9H2,1H3. The smallest absolute Gasteiger partial charge is 0.308 e. The molecule has 0 amide bonds. The summed E-state index contributed by atoms with van der Waals surface area (Å²) in [5, 5.41) is 11.4. The fourth-order valence-corrected chi connectivity index (χ4v) is 3.35. The van der Waals surface area contributed by atoms with E-state index in [0.29, 0.717) is 38.0 Å². The summed E-state index contributed by atoms with van der Waals surface area (Å²) in [4.78, 5) is 19.7. The van der Waals surface area contributed by atoms with Crippen LogP contribution in [0.4, 0.5) is 0 Å². The highest BCUT2D eigenvalue weighted by Gasteiger charge is 2.36. The van der Waals surface area contributed by atoms with Crippen molar-refractivity contribution in [3.8, 4) is 0 Å². The summed E-state index contributed by atoms with van der Waals surface area (Å²) in [7, 11) is 0. The summed E-state index contributed by atoms with van der Waals surface area (Å²) >= 11 is 1.53. The van der Waals surface area contributed by atoms with Gasteiger partial charge in [0.2, 0.25) is 0 Å². The van der Waals surface area contributed by atoms with Crippen LogP contribution in [-0.4, -0.2) is 39.0 Å². The Balaban J connectivity index is 1.81. The SMILES string of the molecule is CCOC(=O)C1CCC(O)(CSc2ccncn2)CC1. The number of aromatic nitrogens is 2. The normalized spacial score (nSPS) is 26.2. The molecule has 0 bridgehead atoms. The molecule has 1 aromatic rings. The Morgan fingerprint density at radius 1 is 1.55 bits per heavy atom. The number of rotatable bonds is 5. The first kappa shape index (κ1) is 15.3. The lowest BCUT2D eigenvalue weighted by Crippen LogP contribution is -2.38. The van der Waals surface area contributed by atoms with Gasteiger partial charge < -0.3 is 9.84 Å². The maximum Gasteiger partial charge on any atom is 0.308 e. The third-order valence-electron chi connectivity index (χ3n) is 3.58. The van der Waals surface area contributed by atoms with Crippen LogP contribution in [0.3, 0.4) is 0 Å². The minimum absolute atomic E-state index is 0.0562. The zero-order valence-electron chi connectivity index (χ0n) is 11.6. The maximum absolute atomic E-state index is 11.7. The van der Waals surface area contributed by atoms with Crippen LogP contribution in [-0.2, 0) is 9.53 Å². The summed E-state index contributed by atoms with van der Waals surface area (Å²) in [5.74, 6) is 0.414. The number of hydrogen-bond donors (Lipinski definition) is 1. The molecule has 6 heteroatoms. The first-order valence-corrected chi connectivity index (χ1v) is 7.89. The molecule has 0 radical (unpaired) electrons. The molecule has 0 unspecified atom stereocenters. The van der Waals surface area contributed by atoms with Gasteiger partial charge in [0.05, 0.1) is 23.2 Å². The van der Waals surface area contributed by atoms with Crippen LogP contribution in [0.1, 0.15) is 32.6 Å². The van der Waals surface area contributed by atoms with E-state index in [1.807, 2.05) is 13.0 Å². The van der Waals surface area contributed by atoms with Crippen molar-refractivity contribution < 1.29 is 14.6 Å². The Morgan fingerprint density at radius 3 is 2.90 bits per heavy atom. The van der Waals surface area contributed by atoms with E-state index in [4.69, 9.17) is 4.74 Å². The third kappa shape index (κ3) is 4.18. The molecule has 1 N–H and O–H groups in total. The monoisotopic (exact) mass is 296 g/mol. The van der Waals surface area contributed by atoms with Gasteiger partial charge in [-0.15, -0.1) is 11.8 Å². The second-order valence-corrected chi connectivity index (χ2v) is 6.08. The fraction of sp³-hybridized carbons (Fsp3) is 0.643. The van der Waals surface area contributed by atoms with Crippen LogP contribution in [0.5, 0.6) is 0 Å². The molecule has 20 heavy (non-hydrogen) atoms. The molecule has 1 fully saturated rings. The molecule has 1 heterocycles. The van der Waals surface area contributed by atoms with Gasteiger partial charge in [0.15, 0.2) is 0 Å². The van der Waals surface area contributed by atoms with E-state index in [2.05, 4.69) is 9.97 Å². The third-order valence-corrected chi connectivity index (χ3v) is 4.80. The van der Waals surface area contributed by atoms with Crippen LogP contribution >= 0.6 is 11.8 Å². The molecule has 0 atom stereocenters. The highest BCUT2D eigenvalue weighted by Crippen LogP contribution is 2.36. The van der Waals surface area contributed by atoms with Gasteiger partial charge in [-0.2, -0.15) is 0 Å². The van der Waals surface area contributed by atoms with Gasteiger partial charge in [-0.3, -0.25) is 4.79 Å². The zero-order valence-corrected chi connectivity index (χ0v) is 12.4. The van der Waals surface area contributed by atoms with Crippen LogP contribution in [0.25, 0.3) is 0 Å². The number of ether oxygens (including phenoxy) is 1. The number of nitrogens with zero attached hydrogens (tertiary/aromatic N) is 2. The van der Waals surface area contributed by atoms with Crippen LogP contribution in [0, 0.1) is 5.92 Å². The summed E-state index contributed by atoms with van der Waals surface area (Å²) in [6.07, 6.45) is 5.85. The van der Waals surface area contributed by atoms with Crippen LogP contribution in [0.15, 0.2) is 23.6 Å². The Hall–Kier alpha value is -1.14. The van der Waals surface area contributed by atoms with E-state index >= 15 is 0 Å². The van der Waals surface area contributed by atoms with Gasteiger partial charge in [0, 0.05) is 11.9 Å². The van der Waals surface area contributed by atoms with Crippen molar-refractivity contribution in [3.63, 3.8) is 0 Å². The van der Waals surface area contributed by atoms with E-state index in [1.54, 1.807) is 6.20 Å². The molecule has 0 spiro atoms. The van der Waals surface area contributed by atoms with Gasteiger partial charge in [-0.05, 0) is 38.7 Å². The van der Waals surface area contributed by atoms with Crippen molar-refractivity contribution in [1.29, 1.82) is 0 Å². The number of thioether (sulfide) groups is 1. The summed E-state index contributed by atoms with van der Waals surface area (Å²) < 4.78 is 5.04. The molecule has 1 aliphatic rings. The lowest BCUT2D eigenvalue weighted by atomic mass is 9.80. The van der Waals surface area contributed by atoms with Gasteiger partial charge in [-0.25, -0.2) is 9.97 Å². The van der Waals surface area contributed by atoms with Crippen molar-refractivity contribution in [2.45, 2.75) is 43.2 Å². The van der Waals surface area contributed by atoms with Crippen molar-refractivity contribution in [3.05, 3.63) is 18.6 Å². The first-order valence-electron chi connectivity index (χ1n) is 6.91. The van der Waals surface area contributed by atoms with Crippen LogP contribution < -0.4 is 0 Å². The topological polar surface area (TPSA) is 72.3 Å². The van der Waals surface area contributed by atoms with E-state index < -0.39 is 5.60 Å². The average Bonchev–Trinajstić information content (AvgIpc) is 2.47. The van der Waals surface area contributed by atoms with Gasteiger partial charge in [0.1, 0.15) is 6.33 Å². The van der Waals surface area contributed by atoms with E-state index in [0.717, 1.165) is 5.03 Å². The number of carbonyl (C=O) groups is 1. The minimum atomic E-state index is -0.710. The highest BCUT2D eigenvalue weighted by atomic mass is 32.2. The molecule has 0 aliphatic heterocycles. The van der Waals surface area contributed by atoms with Gasteiger partial charge >= 0.3 is 5.97 Å². The lowest BCUT2D eigenvalue weighted by molar-refractivity contribution is -0.150. The quantitative estimate of drug-likeness (QED) is 0.509. The second kappa shape index (κ2) is 7.04. The van der Waals surface area contributed by atoms with E-state index in [-0.39, 0.29) is 11.9 Å². The number of carbonyl (C=O) groups excluding carboxylic acids is 1. The summed E-state index contributed by atoms with van der Waals surface area (Å²) in [6.45, 7) is 2.23. The fourth-order valence-electron chi connectivity index (χ4n) is 2.37. The molecule has 1 aliphatic carbocycles. The Morgan fingerprint density at radius 2 is 2.30 bits per heavy atom. The molecule has 110 valence electrons. The van der Waals surface area contributed by atoms with Gasteiger partial charge in [0.25, 0.3) is 0 Å². The zero-order chi connectivity index (χ0) is 14.4. The lowest BCUT2D eigenvalue weighted by Gasteiger charge is -2.34. The summed E-state index contributed by atoms with van der Waals surface area (Å²) in [5.41, 5.74) is -0.710. The molecule has 5 nitrogen and oxygen atoms in total. The number of aliphatic hydroxyl groups is 1. The molecular formula is C14H20N2O3S. The van der Waals surface area contributed by atoms with Crippen molar-refractivity contribution in [2.75, 3.05) is 12.4 Å². The van der Waals surface area contributed by atoms with Crippen molar-refractivity contribution >= 4 is 17.7 Å². The molecule has 0 saturated heterocycles. The van der Waals surface area contributed by atoms with Crippen LogP contribution in [0.2, 0.25) is 0 Å². The van der Waals surface area contributed by atoms with Crippen molar-refractivity contribution in [1.82, 2.24) is 9.97 Å². The Labute approximate surface area is 123 Å². The predicted molar refractivity (Wildman–Crippen MR) is 76.3 cm³/mol. The summed E-state index contributed by atoms with van der Waals surface area (Å²) in [6, 6.07) is 1.83. The largest absolute Gasteiger partial charge is 0.466 e. The number of esters is 1. The first-order chi connectivity index (χ1) is 9.63. The molecular weight excluding hydrogens is 276 g/mol. The molecule has 1 saturated carbocycles. The minimum Gasteiger partial charge on any atom is -0.466 e. The molecule has 1 aromatic heterocycles. The average molecular weight is 296 g/mol. The predicted octanol–water partition coefficient (Wildman–Crippen LogP) is 2.05. The Kier molecular flexibility index (Phi) is 5.37.